The summed E-state index contributed by atoms with van der Waals surface area (Å²) in [6, 6.07) is 1.16. The third kappa shape index (κ3) is 3.15. The number of hydrogen-bond donors (Lipinski definition) is 1. The molecular weight excluding hydrogens is 288 g/mol. The summed E-state index contributed by atoms with van der Waals surface area (Å²) in [6.45, 7) is 7.55. The second kappa shape index (κ2) is 5.97. The van der Waals surface area contributed by atoms with E-state index >= 15 is 0 Å². The molecule has 1 fully saturated rings. The van der Waals surface area contributed by atoms with Crippen molar-refractivity contribution in [2.24, 2.45) is 0 Å². The predicted octanol–water partition coefficient (Wildman–Crippen LogP) is 2.08. The van der Waals surface area contributed by atoms with Crippen LogP contribution in [0.4, 0.5) is 0 Å². The smallest absolute Gasteiger partial charge is 0.243 e. The number of aryl methyl sites for hydroxylation is 2. The number of likely N-dealkylation sites (tertiary alicyclic amines) is 1. The van der Waals surface area contributed by atoms with Gasteiger partial charge < -0.3 is 5.32 Å². The molecule has 0 bridgehead atoms. The Kier molecular flexibility index (Phi) is 4.46. The van der Waals surface area contributed by atoms with Crippen molar-refractivity contribution >= 4 is 29.1 Å². The number of hydrogen-bond acceptors (Lipinski definition) is 4. The lowest BCUT2D eigenvalue weighted by Gasteiger charge is -2.24. The average molecular weight is 308 g/mol. The highest BCUT2D eigenvalue weighted by molar-refractivity contribution is 7.12. The Hall–Kier alpha value is -1.69. The standard InChI is InChI=1S/C15H20N2O3S/c1-8-7-12(11(4)21-8)9(2)16-15(20)10(3)17-13(18)5-6-14(17)19/h7,9-10H,5-6H2,1-4H3,(H,16,20)/t9-,10+/m0/s1. The Morgan fingerprint density at radius 3 is 2.29 bits per heavy atom. The third-order valence-electron chi connectivity index (χ3n) is 3.76. The van der Waals surface area contributed by atoms with E-state index in [1.165, 1.54) is 9.75 Å². The molecule has 114 valence electrons. The first-order chi connectivity index (χ1) is 9.81. The van der Waals surface area contributed by atoms with E-state index in [1.807, 2.05) is 20.8 Å². The van der Waals surface area contributed by atoms with E-state index in [2.05, 4.69) is 11.4 Å². The molecule has 2 atom stereocenters. The lowest BCUT2D eigenvalue weighted by molar-refractivity contribution is -0.146. The molecule has 6 heteroatoms. The maximum atomic E-state index is 12.3. The molecule has 1 aromatic heterocycles. The van der Waals surface area contributed by atoms with Crippen molar-refractivity contribution in [1.29, 1.82) is 0 Å². The first kappa shape index (κ1) is 15.7. The first-order valence-electron chi connectivity index (χ1n) is 7.03. The molecule has 0 saturated carbocycles. The number of thiophene rings is 1. The fourth-order valence-corrected chi connectivity index (χ4v) is 3.66. The molecule has 0 unspecified atom stereocenters. The van der Waals surface area contributed by atoms with Crippen LogP contribution in [-0.2, 0) is 14.4 Å². The second-order valence-corrected chi connectivity index (χ2v) is 6.89. The van der Waals surface area contributed by atoms with Crippen molar-refractivity contribution in [1.82, 2.24) is 10.2 Å². The summed E-state index contributed by atoms with van der Waals surface area (Å²) in [4.78, 5) is 39.1. The molecule has 5 nitrogen and oxygen atoms in total. The average Bonchev–Trinajstić information content (AvgIpc) is 2.91. The first-order valence-corrected chi connectivity index (χ1v) is 7.85. The van der Waals surface area contributed by atoms with Gasteiger partial charge in [-0.2, -0.15) is 0 Å². The van der Waals surface area contributed by atoms with Crippen molar-refractivity contribution in [3.05, 3.63) is 21.4 Å². The summed E-state index contributed by atoms with van der Waals surface area (Å²) in [7, 11) is 0. The molecule has 1 aromatic rings. The number of carbonyl (C=O) groups excluding carboxylic acids is 3. The molecule has 2 heterocycles. The summed E-state index contributed by atoms with van der Waals surface area (Å²) in [5, 5.41) is 2.89. The van der Waals surface area contributed by atoms with Gasteiger partial charge in [0.15, 0.2) is 0 Å². The molecule has 0 aliphatic carbocycles. The van der Waals surface area contributed by atoms with E-state index < -0.39 is 6.04 Å². The fraction of sp³-hybridized carbons (Fsp3) is 0.533. The largest absolute Gasteiger partial charge is 0.348 e. The normalized spacial score (nSPS) is 18.0. The van der Waals surface area contributed by atoms with Gasteiger partial charge in [-0.05, 0) is 39.3 Å². The number of imide groups is 1. The maximum Gasteiger partial charge on any atom is 0.243 e. The van der Waals surface area contributed by atoms with Crippen LogP contribution in [0.5, 0.6) is 0 Å². The van der Waals surface area contributed by atoms with Crippen LogP contribution < -0.4 is 5.32 Å². The summed E-state index contributed by atoms with van der Waals surface area (Å²) < 4.78 is 0. The molecule has 1 saturated heterocycles. The van der Waals surface area contributed by atoms with Crippen LogP contribution >= 0.6 is 11.3 Å². The van der Waals surface area contributed by atoms with Gasteiger partial charge in [0.25, 0.3) is 0 Å². The highest BCUT2D eigenvalue weighted by atomic mass is 32.1. The lowest BCUT2D eigenvalue weighted by Crippen LogP contribution is -2.48. The Morgan fingerprint density at radius 2 is 1.81 bits per heavy atom. The van der Waals surface area contributed by atoms with E-state index in [1.54, 1.807) is 18.3 Å². The van der Waals surface area contributed by atoms with Crippen LogP contribution in [0.2, 0.25) is 0 Å². The number of rotatable bonds is 4. The third-order valence-corrected chi connectivity index (χ3v) is 4.74. The van der Waals surface area contributed by atoms with Gasteiger partial charge in [0.05, 0.1) is 6.04 Å². The number of nitrogens with zero attached hydrogens (tertiary/aromatic N) is 1. The monoisotopic (exact) mass is 308 g/mol. The molecule has 0 spiro atoms. The minimum absolute atomic E-state index is 0.141. The Morgan fingerprint density at radius 1 is 1.24 bits per heavy atom. The summed E-state index contributed by atoms with van der Waals surface area (Å²) >= 11 is 1.69. The maximum absolute atomic E-state index is 12.3. The van der Waals surface area contributed by atoms with Crippen molar-refractivity contribution < 1.29 is 14.4 Å². The van der Waals surface area contributed by atoms with Crippen molar-refractivity contribution in [3.63, 3.8) is 0 Å². The highest BCUT2D eigenvalue weighted by Gasteiger charge is 2.36. The molecule has 0 aromatic carbocycles. The van der Waals surface area contributed by atoms with Crippen LogP contribution in [0.1, 0.15) is 48.0 Å². The van der Waals surface area contributed by atoms with Crippen LogP contribution in [0.3, 0.4) is 0 Å². The minimum Gasteiger partial charge on any atom is -0.348 e. The quantitative estimate of drug-likeness (QED) is 0.866. The van der Waals surface area contributed by atoms with E-state index in [9.17, 15) is 14.4 Å². The minimum atomic E-state index is -0.755. The lowest BCUT2D eigenvalue weighted by atomic mass is 10.1. The van der Waals surface area contributed by atoms with Gasteiger partial charge >= 0.3 is 0 Å². The van der Waals surface area contributed by atoms with Crippen molar-refractivity contribution in [2.45, 2.75) is 52.6 Å². The van der Waals surface area contributed by atoms with Gasteiger partial charge in [-0.25, -0.2) is 0 Å². The molecule has 1 aliphatic heterocycles. The van der Waals surface area contributed by atoms with Gasteiger partial charge in [0, 0.05) is 22.6 Å². The second-order valence-electron chi connectivity index (χ2n) is 5.43. The SMILES string of the molecule is Cc1cc([C@H](C)NC(=O)[C@@H](C)N2C(=O)CCC2=O)c(C)s1. The number of amides is 3. The number of carbonyl (C=O) groups is 3. The molecular formula is C15H20N2O3S. The van der Waals surface area contributed by atoms with Gasteiger partial charge in [-0.15, -0.1) is 11.3 Å². The van der Waals surface area contributed by atoms with Gasteiger partial charge in [0.2, 0.25) is 17.7 Å². The Bertz CT molecular complexity index is 578. The van der Waals surface area contributed by atoms with Gasteiger partial charge in [-0.1, -0.05) is 0 Å². The van der Waals surface area contributed by atoms with Crippen LogP contribution in [-0.4, -0.2) is 28.7 Å². The van der Waals surface area contributed by atoms with Gasteiger partial charge in [0.1, 0.15) is 6.04 Å². The Balaban J connectivity index is 2.05. The van der Waals surface area contributed by atoms with E-state index in [0.717, 1.165) is 10.5 Å². The van der Waals surface area contributed by atoms with Crippen molar-refractivity contribution in [3.8, 4) is 0 Å². The van der Waals surface area contributed by atoms with Crippen LogP contribution in [0, 0.1) is 13.8 Å². The van der Waals surface area contributed by atoms with Crippen LogP contribution in [0.15, 0.2) is 6.07 Å². The van der Waals surface area contributed by atoms with Crippen LogP contribution in [0.25, 0.3) is 0 Å². The summed E-state index contributed by atoms with van der Waals surface area (Å²) in [5.41, 5.74) is 1.08. The summed E-state index contributed by atoms with van der Waals surface area (Å²) in [6.07, 6.45) is 0.406. The molecule has 21 heavy (non-hydrogen) atoms. The Labute approximate surface area is 128 Å². The van der Waals surface area contributed by atoms with E-state index in [4.69, 9.17) is 0 Å². The highest BCUT2D eigenvalue weighted by Crippen LogP contribution is 2.26. The zero-order valence-electron chi connectivity index (χ0n) is 12.7. The van der Waals surface area contributed by atoms with Gasteiger partial charge in [-0.3, -0.25) is 19.3 Å². The van der Waals surface area contributed by atoms with Crippen molar-refractivity contribution in [2.75, 3.05) is 0 Å². The fourth-order valence-electron chi connectivity index (χ4n) is 2.64. The topological polar surface area (TPSA) is 66.5 Å². The predicted molar refractivity (Wildman–Crippen MR) is 80.9 cm³/mol. The molecule has 0 radical (unpaired) electrons. The zero-order chi connectivity index (χ0) is 15.7. The summed E-state index contributed by atoms with van der Waals surface area (Å²) in [5.74, 6) is -0.829. The van der Waals surface area contributed by atoms with E-state index in [-0.39, 0.29) is 36.6 Å². The van der Waals surface area contributed by atoms with E-state index in [0.29, 0.717) is 0 Å². The molecule has 1 N–H and O–H groups in total. The molecule has 2 rings (SSSR count). The molecule has 1 aliphatic rings. The molecule has 3 amide bonds. The number of nitrogens with one attached hydrogen (secondary N) is 1. The zero-order valence-corrected chi connectivity index (χ0v) is 13.5.